The molecule has 3 rings (SSSR count). The first-order valence-corrected chi connectivity index (χ1v) is 7.74. The van der Waals surface area contributed by atoms with E-state index in [4.69, 9.17) is 4.74 Å². The Hall–Kier alpha value is -3.41. The molecule has 0 atom stereocenters. The fourth-order valence-electron chi connectivity index (χ4n) is 2.37. The number of benzene rings is 2. The summed E-state index contributed by atoms with van der Waals surface area (Å²) in [6.45, 7) is 0. The lowest BCUT2D eigenvalue weighted by molar-refractivity contribution is 0.102. The van der Waals surface area contributed by atoms with Crippen molar-refractivity contribution in [1.29, 1.82) is 0 Å². The molecule has 0 saturated carbocycles. The number of ether oxygens (including phenoxy) is 1. The highest BCUT2D eigenvalue weighted by molar-refractivity contribution is 6.04. The summed E-state index contributed by atoms with van der Waals surface area (Å²) in [5.74, 6) is 0.896. The van der Waals surface area contributed by atoms with E-state index in [-0.39, 0.29) is 11.6 Å². The topological polar surface area (TPSA) is 67.3 Å². The first-order valence-electron chi connectivity index (χ1n) is 7.74. The Labute approximate surface area is 146 Å². The minimum absolute atomic E-state index is 0.277. The molecule has 126 valence electrons. The average molecular weight is 334 g/mol. The number of carbonyl (C=O) groups is 1. The van der Waals surface area contributed by atoms with Crippen molar-refractivity contribution in [2.75, 3.05) is 24.4 Å². The maximum Gasteiger partial charge on any atom is 0.274 e. The van der Waals surface area contributed by atoms with Gasteiger partial charge in [0.05, 0.1) is 12.8 Å². The lowest BCUT2D eigenvalue weighted by Gasteiger charge is -2.18. The van der Waals surface area contributed by atoms with Gasteiger partial charge in [-0.3, -0.25) is 4.79 Å². The molecule has 1 aromatic heterocycles. The van der Waals surface area contributed by atoms with Crippen molar-refractivity contribution in [3.8, 4) is 5.75 Å². The largest absolute Gasteiger partial charge is 0.495 e. The molecule has 0 saturated heterocycles. The minimum atomic E-state index is -0.324. The number of anilines is 3. The van der Waals surface area contributed by atoms with E-state index >= 15 is 0 Å². The van der Waals surface area contributed by atoms with Crippen LogP contribution >= 0.6 is 0 Å². The van der Waals surface area contributed by atoms with Gasteiger partial charge in [0.25, 0.3) is 5.91 Å². The van der Waals surface area contributed by atoms with E-state index in [0.717, 1.165) is 5.69 Å². The molecule has 0 spiro atoms. The molecule has 0 fully saturated rings. The first kappa shape index (κ1) is 16.4. The number of methoxy groups -OCH3 is 1. The Balaban J connectivity index is 1.82. The van der Waals surface area contributed by atoms with Gasteiger partial charge in [-0.15, -0.1) is 0 Å². The number of hydrogen-bond acceptors (Lipinski definition) is 5. The molecule has 0 unspecified atom stereocenters. The second-order valence-corrected chi connectivity index (χ2v) is 5.31. The fraction of sp³-hybridized carbons (Fsp3) is 0.105. The summed E-state index contributed by atoms with van der Waals surface area (Å²) in [6, 6.07) is 18.6. The van der Waals surface area contributed by atoms with Crippen molar-refractivity contribution in [2.24, 2.45) is 0 Å². The Bertz CT molecular complexity index is 868. The molecule has 1 amide bonds. The third-order valence-electron chi connectivity index (χ3n) is 3.73. The molecule has 6 nitrogen and oxygen atoms in total. The highest BCUT2D eigenvalue weighted by Crippen LogP contribution is 2.24. The maximum atomic E-state index is 12.5. The molecule has 0 radical (unpaired) electrons. The molecule has 6 heteroatoms. The zero-order valence-corrected chi connectivity index (χ0v) is 14.0. The van der Waals surface area contributed by atoms with Gasteiger partial charge in [0.15, 0.2) is 0 Å². The molecule has 0 aliphatic heterocycles. The molecule has 25 heavy (non-hydrogen) atoms. The summed E-state index contributed by atoms with van der Waals surface area (Å²) in [4.78, 5) is 22.7. The number of nitrogens with one attached hydrogen (secondary N) is 1. The maximum absolute atomic E-state index is 12.5. The van der Waals surface area contributed by atoms with Crippen LogP contribution in [-0.4, -0.2) is 30.0 Å². The zero-order chi connectivity index (χ0) is 17.6. The van der Waals surface area contributed by atoms with E-state index in [1.165, 1.54) is 6.33 Å². The third-order valence-corrected chi connectivity index (χ3v) is 3.73. The van der Waals surface area contributed by atoms with E-state index in [2.05, 4.69) is 15.3 Å². The smallest absolute Gasteiger partial charge is 0.274 e. The van der Waals surface area contributed by atoms with Crippen LogP contribution in [0.4, 0.5) is 17.2 Å². The van der Waals surface area contributed by atoms with Crippen molar-refractivity contribution in [1.82, 2.24) is 9.97 Å². The summed E-state index contributed by atoms with van der Waals surface area (Å²) in [5.41, 5.74) is 1.84. The van der Waals surface area contributed by atoms with Gasteiger partial charge in [0.2, 0.25) is 0 Å². The molecule has 3 aromatic rings. The molecule has 0 aliphatic rings. The molecule has 0 aliphatic carbocycles. The van der Waals surface area contributed by atoms with Gasteiger partial charge < -0.3 is 15.0 Å². The monoisotopic (exact) mass is 334 g/mol. The fourth-order valence-corrected chi connectivity index (χ4v) is 2.37. The van der Waals surface area contributed by atoms with Crippen LogP contribution < -0.4 is 15.0 Å². The van der Waals surface area contributed by atoms with Crippen LogP contribution in [0.1, 0.15) is 10.5 Å². The normalized spacial score (nSPS) is 10.2. The summed E-state index contributed by atoms with van der Waals surface area (Å²) in [5, 5.41) is 2.81. The number of rotatable bonds is 5. The van der Waals surface area contributed by atoms with E-state index in [1.807, 2.05) is 54.4 Å². The molecular formula is C19H18N4O2. The first-order chi connectivity index (χ1) is 12.2. The van der Waals surface area contributed by atoms with Crippen LogP contribution in [-0.2, 0) is 0 Å². The summed E-state index contributed by atoms with van der Waals surface area (Å²) < 4.78 is 5.25. The van der Waals surface area contributed by atoms with E-state index < -0.39 is 0 Å². The quantitative estimate of drug-likeness (QED) is 0.773. The number of para-hydroxylation sites is 3. The second kappa shape index (κ2) is 7.44. The summed E-state index contributed by atoms with van der Waals surface area (Å²) in [7, 11) is 3.45. The van der Waals surface area contributed by atoms with Gasteiger partial charge in [-0.1, -0.05) is 30.3 Å². The van der Waals surface area contributed by atoms with Gasteiger partial charge in [0.1, 0.15) is 23.6 Å². The van der Waals surface area contributed by atoms with Crippen LogP contribution in [0.5, 0.6) is 5.75 Å². The van der Waals surface area contributed by atoms with Crippen molar-refractivity contribution >= 4 is 23.1 Å². The lowest BCUT2D eigenvalue weighted by Crippen LogP contribution is -2.17. The Morgan fingerprint density at radius 2 is 1.76 bits per heavy atom. The standard InChI is InChI=1S/C19H18N4O2/c1-23(14-8-4-3-5-9-14)18-12-16(20-13-21-18)19(24)22-15-10-6-7-11-17(15)25-2/h3-13H,1-2H3,(H,22,24). The van der Waals surface area contributed by atoms with E-state index in [1.54, 1.807) is 25.3 Å². The summed E-state index contributed by atoms with van der Waals surface area (Å²) >= 11 is 0. The summed E-state index contributed by atoms with van der Waals surface area (Å²) in [6.07, 6.45) is 1.38. The van der Waals surface area contributed by atoms with Crippen molar-refractivity contribution in [2.45, 2.75) is 0 Å². The Morgan fingerprint density at radius 1 is 1.04 bits per heavy atom. The number of nitrogens with zero attached hydrogens (tertiary/aromatic N) is 3. The van der Waals surface area contributed by atoms with Gasteiger partial charge in [0, 0.05) is 18.8 Å². The highest BCUT2D eigenvalue weighted by Gasteiger charge is 2.13. The molecular weight excluding hydrogens is 316 g/mol. The number of aromatic nitrogens is 2. The highest BCUT2D eigenvalue weighted by atomic mass is 16.5. The third kappa shape index (κ3) is 3.74. The predicted molar refractivity (Wildman–Crippen MR) is 97.5 cm³/mol. The van der Waals surface area contributed by atoms with Crippen molar-refractivity contribution in [3.63, 3.8) is 0 Å². The van der Waals surface area contributed by atoms with Gasteiger partial charge in [-0.05, 0) is 24.3 Å². The SMILES string of the molecule is COc1ccccc1NC(=O)c1cc(N(C)c2ccccc2)ncn1. The van der Waals surface area contributed by atoms with Crippen LogP contribution in [0.15, 0.2) is 67.0 Å². The number of carbonyl (C=O) groups excluding carboxylic acids is 1. The van der Waals surface area contributed by atoms with Crippen molar-refractivity contribution in [3.05, 3.63) is 72.7 Å². The zero-order valence-electron chi connectivity index (χ0n) is 14.0. The number of amides is 1. The number of hydrogen-bond donors (Lipinski definition) is 1. The van der Waals surface area contributed by atoms with Gasteiger partial charge >= 0.3 is 0 Å². The Kier molecular flexibility index (Phi) is 4.89. The lowest BCUT2D eigenvalue weighted by atomic mass is 10.2. The van der Waals surface area contributed by atoms with Crippen molar-refractivity contribution < 1.29 is 9.53 Å². The van der Waals surface area contributed by atoms with Crippen LogP contribution in [0.3, 0.4) is 0 Å². The minimum Gasteiger partial charge on any atom is -0.495 e. The predicted octanol–water partition coefficient (Wildman–Crippen LogP) is 3.51. The molecule has 2 aromatic carbocycles. The Morgan fingerprint density at radius 3 is 2.52 bits per heavy atom. The van der Waals surface area contributed by atoms with Crippen LogP contribution in [0, 0.1) is 0 Å². The molecule has 0 bridgehead atoms. The van der Waals surface area contributed by atoms with Gasteiger partial charge in [-0.25, -0.2) is 9.97 Å². The average Bonchev–Trinajstić information content (AvgIpc) is 2.68. The van der Waals surface area contributed by atoms with Gasteiger partial charge in [-0.2, -0.15) is 0 Å². The second-order valence-electron chi connectivity index (χ2n) is 5.31. The molecule has 1 N–H and O–H groups in total. The molecule has 1 heterocycles. The van der Waals surface area contributed by atoms with Crippen LogP contribution in [0.2, 0.25) is 0 Å². The van der Waals surface area contributed by atoms with E-state index in [0.29, 0.717) is 17.3 Å². The van der Waals surface area contributed by atoms with Crippen LogP contribution in [0.25, 0.3) is 0 Å². The van der Waals surface area contributed by atoms with E-state index in [9.17, 15) is 4.79 Å².